The summed E-state index contributed by atoms with van der Waals surface area (Å²) in [6, 6.07) is 16.9. The molecule has 1 atom stereocenters. The maximum atomic E-state index is 10.4. The summed E-state index contributed by atoms with van der Waals surface area (Å²) >= 11 is 1.73. The largest absolute Gasteiger partial charge is 0.388 e. The summed E-state index contributed by atoms with van der Waals surface area (Å²) in [7, 11) is 0. The van der Waals surface area contributed by atoms with Crippen LogP contribution < -0.4 is 0 Å². The van der Waals surface area contributed by atoms with E-state index in [1.54, 1.807) is 11.8 Å². The van der Waals surface area contributed by atoms with Gasteiger partial charge in [-0.25, -0.2) is 0 Å². The molecule has 0 aliphatic carbocycles. The first-order valence-electron chi connectivity index (χ1n) is 7.87. The van der Waals surface area contributed by atoms with Gasteiger partial charge in [-0.3, -0.25) is 4.90 Å². The first-order valence-corrected chi connectivity index (χ1v) is 9.10. The van der Waals surface area contributed by atoms with Crippen LogP contribution in [0.2, 0.25) is 0 Å². The van der Waals surface area contributed by atoms with E-state index < -0.39 is 0 Å². The molecular formula is C19H23NOS. The molecule has 1 N–H and O–H groups in total. The Balaban J connectivity index is 1.54. The Hall–Kier alpha value is -1.29. The van der Waals surface area contributed by atoms with E-state index >= 15 is 0 Å². The zero-order chi connectivity index (χ0) is 15.4. The third kappa shape index (κ3) is 3.72. The number of aliphatic hydroxyl groups is 1. The van der Waals surface area contributed by atoms with E-state index in [2.05, 4.69) is 47.6 Å². The topological polar surface area (TPSA) is 23.5 Å². The van der Waals surface area contributed by atoms with Crippen molar-refractivity contribution in [2.75, 3.05) is 19.3 Å². The maximum Gasteiger partial charge on any atom is 0.0802 e. The average molecular weight is 313 g/mol. The highest BCUT2D eigenvalue weighted by Gasteiger charge is 2.17. The van der Waals surface area contributed by atoms with Gasteiger partial charge in [0.15, 0.2) is 0 Å². The molecule has 3 rings (SSSR count). The van der Waals surface area contributed by atoms with Gasteiger partial charge in [0.25, 0.3) is 0 Å². The van der Waals surface area contributed by atoms with Crippen LogP contribution in [0.25, 0.3) is 0 Å². The Bertz CT molecular complexity index is 611. The van der Waals surface area contributed by atoms with Gasteiger partial charge in [0, 0.05) is 24.5 Å². The summed E-state index contributed by atoms with van der Waals surface area (Å²) < 4.78 is 0. The molecule has 2 aromatic rings. The Morgan fingerprint density at radius 3 is 2.55 bits per heavy atom. The van der Waals surface area contributed by atoms with Gasteiger partial charge in [0.1, 0.15) is 0 Å². The van der Waals surface area contributed by atoms with Crippen LogP contribution in [0.1, 0.15) is 29.2 Å². The second-order valence-corrected chi connectivity index (χ2v) is 6.75. The molecule has 1 aliphatic heterocycles. The lowest BCUT2D eigenvalue weighted by Crippen LogP contribution is -2.32. The molecule has 0 amide bonds. The molecule has 0 radical (unpaired) electrons. The van der Waals surface area contributed by atoms with Crippen molar-refractivity contribution in [2.24, 2.45) is 0 Å². The minimum absolute atomic E-state index is 0.368. The van der Waals surface area contributed by atoms with Crippen LogP contribution in [-0.4, -0.2) is 29.4 Å². The molecular weight excluding hydrogens is 290 g/mol. The van der Waals surface area contributed by atoms with Crippen LogP contribution in [0, 0.1) is 0 Å². The van der Waals surface area contributed by atoms with Crippen LogP contribution in [0.4, 0.5) is 0 Å². The minimum Gasteiger partial charge on any atom is -0.388 e. The summed E-state index contributed by atoms with van der Waals surface area (Å²) in [6.07, 6.45) is 3.61. The number of nitrogens with zero attached hydrogens (tertiary/aromatic N) is 1. The van der Waals surface area contributed by atoms with E-state index in [0.29, 0.717) is 0 Å². The first-order chi connectivity index (χ1) is 10.8. The normalized spacial score (nSPS) is 16.3. The molecule has 116 valence electrons. The molecule has 1 heterocycles. The van der Waals surface area contributed by atoms with Crippen molar-refractivity contribution >= 4 is 11.8 Å². The number of fused-ring (bicyclic) bond motifs is 1. The van der Waals surface area contributed by atoms with Gasteiger partial charge in [0.2, 0.25) is 0 Å². The van der Waals surface area contributed by atoms with Crippen molar-refractivity contribution in [3.8, 4) is 0 Å². The lowest BCUT2D eigenvalue weighted by molar-refractivity contribution is 0.137. The van der Waals surface area contributed by atoms with Crippen LogP contribution in [0.3, 0.4) is 0 Å². The van der Waals surface area contributed by atoms with Crippen molar-refractivity contribution in [3.63, 3.8) is 0 Å². The maximum absolute atomic E-state index is 10.4. The van der Waals surface area contributed by atoms with Gasteiger partial charge in [-0.15, -0.1) is 11.8 Å². The molecule has 1 unspecified atom stereocenters. The van der Waals surface area contributed by atoms with Crippen LogP contribution in [0.15, 0.2) is 53.4 Å². The van der Waals surface area contributed by atoms with Crippen molar-refractivity contribution in [1.82, 2.24) is 4.90 Å². The lowest BCUT2D eigenvalue weighted by atomic mass is 9.99. The standard InChI is InChI=1S/C19H23NOS/c1-22-18-8-6-16(7-9-18)19(21)11-13-20-12-10-15-4-2-3-5-17(15)14-20/h2-9,19,21H,10-14H2,1H3. The Morgan fingerprint density at radius 1 is 1.09 bits per heavy atom. The van der Waals surface area contributed by atoms with E-state index in [9.17, 15) is 5.11 Å². The van der Waals surface area contributed by atoms with E-state index in [1.807, 2.05) is 12.1 Å². The number of hydrogen-bond donors (Lipinski definition) is 1. The molecule has 0 spiro atoms. The Morgan fingerprint density at radius 2 is 1.82 bits per heavy atom. The first kappa shape index (κ1) is 15.6. The molecule has 0 bridgehead atoms. The molecule has 2 nitrogen and oxygen atoms in total. The van der Waals surface area contributed by atoms with Crippen LogP contribution >= 0.6 is 11.8 Å². The highest BCUT2D eigenvalue weighted by Crippen LogP contribution is 2.23. The molecule has 3 heteroatoms. The fraction of sp³-hybridized carbons (Fsp3) is 0.368. The molecule has 2 aromatic carbocycles. The number of rotatable bonds is 5. The number of thioether (sulfide) groups is 1. The minimum atomic E-state index is -0.368. The monoisotopic (exact) mass is 313 g/mol. The molecule has 0 aromatic heterocycles. The lowest BCUT2D eigenvalue weighted by Gasteiger charge is -2.29. The van der Waals surface area contributed by atoms with E-state index in [0.717, 1.165) is 38.0 Å². The number of benzene rings is 2. The second-order valence-electron chi connectivity index (χ2n) is 5.87. The summed E-state index contributed by atoms with van der Waals surface area (Å²) in [5.74, 6) is 0. The Labute approximate surface area is 137 Å². The average Bonchev–Trinajstić information content (AvgIpc) is 2.59. The summed E-state index contributed by atoms with van der Waals surface area (Å²) in [5, 5.41) is 10.4. The number of hydrogen-bond acceptors (Lipinski definition) is 3. The van der Waals surface area contributed by atoms with Gasteiger partial charge in [-0.1, -0.05) is 36.4 Å². The van der Waals surface area contributed by atoms with Gasteiger partial charge < -0.3 is 5.11 Å². The van der Waals surface area contributed by atoms with Crippen LogP contribution in [-0.2, 0) is 13.0 Å². The Kier molecular flexibility index (Phi) is 5.19. The van der Waals surface area contributed by atoms with Crippen molar-refractivity contribution in [2.45, 2.75) is 30.4 Å². The third-order valence-corrected chi connectivity index (χ3v) is 5.17. The highest BCUT2D eigenvalue weighted by atomic mass is 32.2. The van der Waals surface area contributed by atoms with Crippen molar-refractivity contribution in [3.05, 3.63) is 65.2 Å². The highest BCUT2D eigenvalue weighted by molar-refractivity contribution is 7.98. The van der Waals surface area contributed by atoms with Crippen molar-refractivity contribution in [1.29, 1.82) is 0 Å². The van der Waals surface area contributed by atoms with E-state index in [1.165, 1.54) is 16.0 Å². The fourth-order valence-corrected chi connectivity index (χ4v) is 3.45. The molecule has 0 fully saturated rings. The van der Waals surface area contributed by atoms with E-state index in [4.69, 9.17) is 0 Å². The van der Waals surface area contributed by atoms with Crippen molar-refractivity contribution < 1.29 is 5.11 Å². The fourth-order valence-electron chi connectivity index (χ4n) is 3.04. The molecule has 0 saturated carbocycles. The van der Waals surface area contributed by atoms with Crippen LogP contribution in [0.5, 0.6) is 0 Å². The summed E-state index contributed by atoms with van der Waals surface area (Å²) in [6.45, 7) is 3.04. The summed E-state index contributed by atoms with van der Waals surface area (Å²) in [5.41, 5.74) is 3.94. The van der Waals surface area contributed by atoms with Gasteiger partial charge >= 0.3 is 0 Å². The number of aliphatic hydroxyl groups excluding tert-OH is 1. The van der Waals surface area contributed by atoms with E-state index in [-0.39, 0.29) is 6.10 Å². The van der Waals surface area contributed by atoms with Gasteiger partial charge in [-0.2, -0.15) is 0 Å². The SMILES string of the molecule is CSc1ccc(C(O)CCN2CCc3ccccc3C2)cc1. The second kappa shape index (κ2) is 7.32. The third-order valence-electron chi connectivity index (χ3n) is 4.43. The predicted molar refractivity (Wildman–Crippen MR) is 93.2 cm³/mol. The predicted octanol–water partition coefficient (Wildman–Crippen LogP) is 3.89. The zero-order valence-corrected chi connectivity index (χ0v) is 13.9. The summed E-state index contributed by atoms with van der Waals surface area (Å²) in [4.78, 5) is 3.69. The quantitative estimate of drug-likeness (QED) is 0.847. The molecule has 1 aliphatic rings. The van der Waals surface area contributed by atoms with Gasteiger partial charge in [0.05, 0.1) is 6.10 Å². The molecule has 0 saturated heterocycles. The van der Waals surface area contributed by atoms with Gasteiger partial charge in [-0.05, 0) is 47.9 Å². The molecule has 22 heavy (non-hydrogen) atoms. The smallest absolute Gasteiger partial charge is 0.0802 e. The zero-order valence-electron chi connectivity index (χ0n) is 13.0.